The van der Waals surface area contributed by atoms with Crippen LogP contribution >= 0.6 is 0 Å². The monoisotopic (exact) mass is 237 g/mol. The number of halogens is 1. The first-order valence-electron chi connectivity index (χ1n) is 5.96. The van der Waals surface area contributed by atoms with Crippen molar-refractivity contribution < 1.29 is 4.39 Å². The van der Waals surface area contributed by atoms with Gasteiger partial charge in [0.05, 0.1) is 17.9 Å². The molecule has 1 heterocycles. The van der Waals surface area contributed by atoms with E-state index in [4.69, 9.17) is 5.84 Å². The van der Waals surface area contributed by atoms with E-state index >= 15 is 0 Å². The van der Waals surface area contributed by atoms with Crippen molar-refractivity contribution in [2.75, 3.05) is 0 Å². The van der Waals surface area contributed by atoms with E-state index in [-0.39, 0.29) is 11.9 Å². The summed E-state index contributed by atoms with van der Waals surface area (Å²) in [5.41, 5.74) is 3.51. The highest BCUT2D eigenvalue weighted by molar-refractivity contribution is 5.09. The van der Waals surface area contributed by atoms with Gasteiger partial charge in [0.1, 0.15) is 5.82 Å². The maximum Gasteiger partial charge on any atom is 0.141 e. The van der Waals surface area contributed by atoms with Gasteiger partial charge in [0.15, 0.2) is 0 Å². The highest BCUT2D eigenvalue weighted by Crippen LogP contribution is 2.17. The van der Waals surface area contributed by atoms with Crippen LogP contribution < -0.4 is 11.3 Å². The Kier molecular flexibility index (Phi) is 6.43. The molecule has 1 rings (SSSR count). The summed E-state index contributed by atoms with van der Waals surface area (Å²) in [6, 6.07) is 3.08. The molecule has 0 radical (unpaired) electrons. The number of allylic oxidation sites excluding steroid dienone is 1. The molecule has 0 saturated carbocycles. The van der Waals surface area contributed by atoms with Gasteiger partial charge in [-0.1, -0.05) is 18.9 Å². The molecule has 0 aliphatic heterocycles. The van der Waals surface area contributed by atoms with Gasteiger partial charge in [0.25, 0.3) is 0 Å². The molecule has 0 aliphatic carbocycles. The minimum atomic E-state index is -0.324. The first-order valence-corrected chi connectivity index (χ1v) is 5.96. The molecule has 94 valence electrons. The highest BCUT2D eigenvalue weighted by Gasteiger charge is 2.10. The molecule has 0 spiro atoms. The summed E-state index contributed by atoms with van der Waals surface area (Å²) >= 11 is 0. The molecule has 3 nitrogen and oxygen atoms in total. The Balaban J connectivity index is 2.37. The number of aromatic nitrogens is 1. The number of pyridine rings is 1. The third-order valence-electron chi connectivity index (χ3n) is 2.71. The summed E-state index contributed by atoms with van der Waals surface area (Å²) in [6.07, 6.45) is 8.48. The second-order valence-corrected chi connectivity index (χ2v) is 4.05. The van der Waals surface area contributed by atoms with Gasteiger partial charge in [-0.25, -0.2) is 4.39 Å². The van der Waals surface area contributed by atoms with Gasteiger partial charge in [-0.3, -0.25) is 16.3 Å². The second-order valence-electron chi connectivity index (χ2n) is 4.05. The SMILES string of the molecule is C=CCCCCCC(NN)c1ccc(F)cn1. The number of hydrazine groups is 1. The summed E-state index contributed by atoms with van der Waals surface area (Å²) in [5.74, 6) is 5.16. The van der Waals surface area contributed by atoms with Crippen molar-refractivity contribution in [3.8, 4) is 0 Å². The summed E-state index contributed by atoms with van der Waals surface area (Å²) in [7, 11) is 0. The zero-order valence-corrected chi connectivity index (χ0v) is 10.0. The van der Waals surface area contributed by atoms with E-state index in [9.17, 15) is 4.39 Å². The number of hydrogen-bond acceptors (Lipinski definition) is 3. The molecular weight excluding hydrogens is 217 g/mol. The van der Waals surface area contributed by atoms with Gasteiger partial charge in [-0.15, -0.1) is 6.58 Å². The number of hydrogen-bond donors (Lipinski definition) is 2. The minimum absolute atomic E-state index is 0.000619. The van der Waals surface area contributed by atoms with E-state index in [1.165, 1.54) is 12.3 Å². The van der Waals surface area contributed by atoms with Gasteiger partial charge in [-0.05, 0) is 31.4 Å². The molecule has 0 aromatic carbocycles. The van der Waals surface area contributed by atoms with Crippen molar-refractivity contribution in [2.24, 2.45) is 5.84 Å². The number of nitrogens with zero attached hydrogens (tertiary/aromatic N) is 1. The Labute approximate surface area is 102 Å². The fourth-order valence-electron chi connectivity index (χ4n) is 1.72. The molecule has 0 saturated heterocycles. The van der Waals surface area contributed by atoms with E-state index in [1.54, 1.807) is 6.07 Å². The van der Waals surface area contributed by atoms with Crippen LogP contribution in [0.4, 0.5) is 4.39 Å². The van der Waals surface area contributed by atoms with Gasteiger partial charge in [-0.2, -0.15) is 0 Å². The van der Waals surface area contributed by atoms with Crippen molar-refractivity contribution in [2.45, 2.75) is 38.1 Å². The van der Waals surface area contributed by atoms with Gasteiger partial charge >= 0.3 is 0 Å². The van der Waals surface area contributed by atoms with Gasteiger partial charge < -0.3 is 0 Å². The van der Waals surface area contributed by atoms with Gasteiger partial charge in [0, 0.05) is 0 Å². The Hall–Kier alpha value is -1.26. The largest absolute Gasteiger partial charge is 0.271 e. The summed E-state index contributed by atoms with van der Waals surface area (Å²) < 4.78 is 12.7. The van der Waals surface area contributed by atoms with Gasteiger partial charge in [0.2, 0.25) is 0 Å². The fraction of sp³-hybridized carbons (Fsp3) is 0.462. The van der Waals surface area contributed by atoms with Crippen LogP contribution in [0.25, 0.3) is 0 Å². The number of rotatable bonds is 8. The lowest BCUT2D eigenvalue weighted by molar-refractivity contribution is 0.472. The Morgan fingerprint density at radius 2 is 2.24 bits per heavy atom. The van der Waals surface area contributed by atoms with Crippen LogP contribution in [0.15, 0.2) is 31.0 Å². The lowest BCUT2D eigenvalue weighted by Gasteiger charge is -2.14. The quantitative estimate of drug-likeness (QED) is 0.316. The summed E-state index contributed by atoms with van der Waals surface area (Å²) in [5, 5.41) is 0. The number of nitrogens with two attached hydrogens (primary N) is 1. The van der Waals surface area contributed by atoms with Crippen LogP contribution in [0.5, 0.6) is 0 Å². The second kappa shape index (κ2) is 7.92. The maximum absolute atomic E-state index is 12.7. The zero-order valence-electron chi connectivity index (χ0n) is 10.0. The molecule has 0 fully saturated rings. The fourth-order valence-corrected chi connectivity index (χ4v) is 1.72. The predicted molar refractivity (Wildman–Crippen MR) is 67.5 cm³/mol. The first-order chi connectivity index (χ1) is 8.27. The molecule has 0 aliphatic rings. The molecule has 0 bridgehead atoms. The van der Waals surface area contributed by atoms with Crippen molar-refractivity contribution in [1.29, 1.82) is 0 Å². The molecule has 3 N–H and O–H groups in total. The lowest BCUT2D eigenvalue weighted by Crippen LogP contribution is -2.28. The molecule has 1 aromatic rings. The molecule has 1 atom stereocenters. The highest BCUT2D eigenvalue weighted by atomic mass is 19.1. The van der Waals surface area contributed by atoms with E-state index in [0.29, 0.717) is 0 Å². The van der Waals surface area contributed by atoms with Crippen molar-refractivity contribution in [1.82, 2.24) is 10.4 Å². The van der Waals surface area contributed by atoms with Crippen LogP contribution in [0, 0.1) is 5.82 Å². The Morgan fingerprint density at radius 1 is 1.41 bits per heavy atom. The van der Waals surface area contributed by atoms with Crippen LogP contribution in [0.3, 0.4) is 0 Å². The Morgan fingerprint density at radius 3 is 2.82 bits per heavy atom. The third kappa shape index (κ3) is 5.06. The zero-order chi connectivity index (χ0) is 12.5. The van der Waals surface area contributed by atoms with Crippen LogP contribution in [-0.2, 0) is 0 Å². The molecule has 17 heavy (non-hydrogen) atoms. The lowest BCUT2D eigenvalue weighted by atomic mass is 10.0. The van der Waals surface area contributed by atoms with E-state index in [0.717, 1.165) is 37.8 Å². The van der Waals surface area contributed by atoms with E-state index < -0.39 is 0 Å². The third-order valence-corrected chi connectivity index (χ3v) is 2.71. The van der Waals surface area contributed by atoms with Crippen molar-refractivity contribution in [3.63, 3.8) is 0 Å². The maximum atomic E-state index is 12.7. The first kappa shape index (κ1) is 13.8. The predicted octanol–water partition coefficient (Wildman–Crippen LogP) is 2.86. The van der Waals surface area contributed by atoms with Crippen molar-refractivity contribution in [3.05, 3.63) is 42.5 Å². The topological polar surface area (TPSA) is 50.9 Å². The van der Waals surface area contributed by atoms with Crippen LogP contribution in [0.1, 0.15) is 43.8 Å². The summed E-state index contributed by atoms with van der Waals surface area (Å²) in [6.45, 7) is 3.69. The van der Waals surface area contributed by atoms with Crippen LogP contribution in [-0.4, -0.2) is 4.98 Å². The van der Waals surface area contributed by atoms with Crippen molar-refractivity contribution >= 4 is 0 Å². The summed E-state index contributed by atoms with van der Waals surface area (Å²) in [4.78, 5) is 4.03. The molecule has 1 aromatic heterocycles. The number of unbranched alkanes of at least 4 members (excludes halogenated alkanes) is 3. The molecular formula is C13H20FN3. The normalized spacial score (nSPS) is 12.4. The van der Waals surface area contributed by atoms with Crippen LogP contribution in [0.2, 0.25) is 0 Å². The smallest absolute Gasteiger partial charge is 0.141 e. The van der Waals surface area contributed by atoms with E-state index in [2.05, 4.69) is 17.0 Å². The average Bonchev–Trinajstić information content (AvgIpc) is 2.35. The average molecular weight is 237 g/mol. The molecule has 1 unspecified atom stereocenters. The van der Waals surface area contributed by atoms with E-state index in [1.807, 2.05) is 6.08 Å². The minimum Gasteiger partial charge on any atom is -0.271 e. The Bertz CT molecular complexity index is 324. The molecule has 0 amide bonds. The standard InChI is InChI=1S/C13H20FN3/c1-2-3-4-5-6-7-13(17-15)12-9-8-11(14)10-16-12/h2,8-10,13,17H,1,3-7,15H2. The number of nitrogens with one attached hydrogen (secondary N) is 1. The molecule has 4 heteroatoms.